The lowest BCUT2D eigenvalue weighted by Gasteiger charge is -2.21. The lowest BCUT2D eigenvalue weighted by molar-refractivity contribution is -0.120. The number of anilines is 1. The molecule has 1 amide bonds. The van der Waals surface area contributed by atoms with E-state index in [1.54, 1.807) is 4.90 Å². The fourth-order valence-corrected chi connectivity index (χ4v) is 3.90. The van der Waals surface area contributed by atoms with Crippen molar-refractivity contribution in [3.63, 3.8) is 0 Å². The number of fused-ring (bicyclic) bond motifs is 1. The molecule has 3 rings (SSSR count). The normalized spacial score (nSPS) is 10.7. The Labute approximate surface area is 180 Å². The number of para-hydroxylation sites is 1. The molecule has 8 heteroatoms. The second kappa shape index (κ2) is 10.6. The topological polar surface area (TPSA) is 45.7 Å². The Balaban J connectivity index is 0.00000280. The molecule has 0 unspecified atom stereocenters. The highest BCUT2D eigenvalue weighted by Gasteiger charge is 2.20. The van der Waals surface area contributed by atoms with Crippen molar-refractivity contribution in [2.75, 3.05) is 38.7 Å². The first kappa shape index (κ1) is 22.4. The summed E-state index contributed by atoms with van der Waals surface area (Å²) in [5, 5.41) is 1.34. The zero-order valence-electron chi connectivity index (χ0n) is 15.8. The Kier molecular flexibility index (Phi) is 8.51. The predicted octanol–water partition coefficient (Wildman–Crippen LogP) is 4.74. The largest absolute Gasteiger partial charge is 0.484 e. The molecule has 0 aliphatic heterocycles. The lowest BCUT2D eigenvalue weighted by atomic mass is 10.3. The van der Waals surface area contributed by atoms with Gasteiger partial charge in [0.05, 0.1) is 10.2 Å². The Bertz CT molecular complexity index is 903. The fraction of sp³-hybridized carbons (Fsp3) is 0.300. The van der Waals surface area contributed by atoms with Crippen LogP contribution in [0.4, 0.5) is 5.13 Å². The zero-order chi connectivity index (χ0) is 19.2. The number of hydrogen-bond acceptors (Lipinski definition) is 5. The monoisotopic (exact) mass is 439 g/mol. The molecular weight excluding hydrogens is 417 g/mol. The van der Waals surface area contributed by atoms with Crippen LogP contribution in [0.25, 0.3) is 10.2 Å². The summed E-state index contributed by atoms with van der Waals surface area (Å²) in [5.41, 5.74) is 0.841. The number of ether oxygens (including phenoxy) is 1. The first-order valence-corrected chi connectivity index (χ1v) is 9.91. The van der Waals surface area contributed by atoms with Crippen molar-refractivity contribution >= 4 is 56.6 Å². The molecule has 28 heavy (non-hydrogen) atoms. The highest BCUT2D eigenvalue weighted by Crippen LogP contribution is 2.31. The number of carbonyl (C=O) groups excluding carboxylic acids is 1. The molecule has 0 aliphatic rings. The van der Waals surface area contributed by atoms with Gasteiger partial charge in [0.15, 0.2) is 11.7 Å². The average Bonchev–Trinajstić information content (AvgIpc) is 3.06. The second-order valence-corrected chi connectivity index (χ2v) is 7.86. The number of carbonyl (C=O) groups is 1. The molecule has 1 heterocycles. The third-order valence-electron chi connectivity index (χ3n) is 3.96. The van der Waals surface area contributed by atoms with E-state index in [0.717, 1.165) is 23.2 Å². The van der Waals surface area contributed by atoms with Crippen LogP contribution < -0.4 is 9.64 Å². The first-order valence-electron chi connectivity index (χ1n) is 8.72. The third kappa shape index (κ3) is 6.07. The minimum atomic E-state index is -0.109. The van der Waals surface area contributed by atoms with Crippen molar-refractivity contribution in [3.05, 3.63) is 53.6 Å². The van der Waals surface area contributed by atoms with E-state index in [2.05, 4.69) is 9.88 Å². The number of nitrogens with zero attached hydrogens (tertiary/aromatic N) is 3. The lowest BCUT2D eigenvalue weighted by Crippen LogP contribution is -2.36. The van der Waals surface area contributed by atoms with Gasteiger partial charge in [0.2, 0.25) is 0 Å². The minimum absolute atomic E-state index is 0. The van der Waals surface area contributed by atoms with Gasteiger partial charge in [-0.15, -0.1) is 12.4 Å². The summed E-state index contributed by atoms with van der Waals surface area (Å²) in [5.74, 6) is 0.568. The van der Waals surface area contributed by atoms with Crippen molar-refractivity contribution in [2.24, 2.45) is 0 Å². The maximum atomic E-state index is 12.9. The van der Waals surface area contributed by atoms with Crippen molar-refractivity contribution in [1.82, 2.24) is 9.88 Å². The van der Waals surface area contributed by atoms with Crippen LogP contribution >= 0.6 is 35.3 Å². The smallest absolute Gasteiger partial charge is 0.266 e. The molecular formula is C20H23Cl2N3O2S. The van der Waals surface area contributed by atoms with E-state index >= 15 is 0 Å². The molecule has 3 aromatic rings. The van der Waals surface area contributed by atoms with Crippen LogP contribution in [0.5, 0.6) is 5.75 Å². The number of hydrogen-bond donors (Lipinski definition) is 0. The number of rotatable bonds is 8. The number of amides is 1. The first-order chi connectivity index (χ1) is 13.0. The number of thiazole rings is 1. The molecule has 5 nitrogen and oxygen atoms in total. The molecule has 150 valence electrons. The van der Waals surface area contributed by atoms with E-state index in [-0.39, 0.29) is 24.9 Å². The Morgan fingerprint density at radius 1 is 1.14 bits per heavy atom. The van der Waals surface area contributed by atoms with Gasteiger partial charge >= 0.3 is 0 Å². The van der Waals surface area contributed by atoms with Gasteiger partial charge < -0.3 is 9.64 Å². The predicted molar refractivity (Wildman–Crippen MR) is 119 cm³/mol. The fourth-order valence-electron chi connectivity index (χ4n) is 2.61. The molecule has 0 saturated heterocycles. The van der Waals surface area contributed by atoms with Gasteiger partial charge in [-0.2, -0.15) is 0 Å². The number of halogens is 2. The molecule has 0 spiro atoms. The van der Waals surface area contributed by atoms with Crippen LogP contribution in [-0.2, 0) is 4.79 Å². The Hall–Kier alpha value is -1.86. The van der Waals surface area contributed by atoms with Gasteiger partial charge in [-0.3, -0.25) is 9.69 Å². The van der Waals surface area contributed by atoms with Gasteiger partial charge in [-0.25, -0.2) is 4.98 Å². The van der Waals surface area contributed by atoms with Gasteiger partial charge in [-0.05, 0) is 57.4 Å². The van der Waals surface area contributed by atoms with Crippen molar-refractivity contribution in [3.8, 4) is 5.75 Å². The van der Waals surface area contributed by atoms with Crippen LogP contribution in [0.3, 0.4) is 0 Å². The number of aromatic nitrogens is 1. The van der Waals surface area contributed by atoms with E-state index in [9.17, 15) is 4.79 Å². The van der Waals surface area contributed by atoms with Gasteiger partial charge in [0.1, 0.15) is 5.75 Å². The van der Waals surface area contributed by atoms with Crippen molar-refractivity contribution in [2.45, 2.75) is 6.42 Å². The molecule has 0 radical (unpaired) electrons. The van der Waals surface area contributed by atoms with E-state index in [0.29, 0.717) is 22.4 Å². The SMILES string of the molecule is CN(C)CCCN(C(=O)COc1ccccc1)c1nc2ccc(Cl)cc2s1.Cl. The molecule has 0 aliphatic carbocycles. The van der Waals surface area contributed by atoms with Crippen LogP contribution in [0.1, 0.15) is 6.42 Å². The Morgan fingerprint density at radius 3 is 2.61 bits per heavy atom. The summed E-state index contributed by atoms with van der Waals surface area (Å²) in [4.78, 5) is 21.3. The summed E-state index contributed by atoms with van der Waals surface area (Å²) in [6.45, 7) is 1.45. The van der Waals surface area contributed by atoms with Gasteiger partial charge in [0.25, 0.3) is 5.91 Å². The van der Waals surface area contributed by atoms with Crippen molar-refractivity contribution < 1.29 is 9.53 Å². The van der Waals surface area contributed by atoms with Crippen LogP contribution in [0, 0.1) is 0 Å². The molecule has 0 fully saturated rings. The highest BCUT2D eigenvalue weighted by atomic mass is 35.5. The van der Waals surface area contributed by atoms with Crippen LogP contribution in [-0.4, -0.2) is 49.6 Å². The molecule has 0 saturated carbocycles. The molecule has 0 atom stereocenters. The van der Waals surface area contributed by atoms with E-state index in [1.807, 2.05) is 62.6 Å². The van der Waals surface area contributed by atoms with E-state index in [1.165, 1.54) is 11.3 Å². The van der Waals surface area contributed by atoms with E-state index in [4.69, 9.17) is 16.3 Å². The van der Waals surface area contributed by atoms with Gasteiger partial charge in [-0.1, -0.05) is 41.1 Å². The molecule has 2 aromatic carbocycles. The van der Waals surface area contributed by atoms with Crippen LogP contribution in [0.2, 0.25) is 5.02 Å². The summed E-state index contributed by atoms with van der Waals surface area (Å²) < 4.78 is 6.61. The minimum Gasteiger partial charge on any atom is -0.484 e. The third-order valence-corrected chi connectivity index (χ3v) is 5.24. The zero-order valence-corrected chi connectivity index (χ0v) is 18.2. The maximum Gasteiger partial charge on any atom is 0.266 e. The van der Waals surface area contributed by atoms with Crippen LogP contribution in [0.15, 0.2) is 48.5 Å². The second-order valence-electron chi connectivity index (χ2n) is 6.41. The standard InChI is InChI=1S/C20H22ClN3O2S.ClH/c1-23(2)11-6-12-24(19(25)14-26-16-7-4-3-5-8-16)20-22-17-10-9-15(21)13-18(17)27-20;/h3-5,7-10,13H,6,11-12,14H2,1-2H3;1H. The highest BCUT2D eigenvalue weighted by molar-refractivity contribution is 7.22. The number of benzene rings is 2. The summed E-state index contributed by atoms with van der Waals surface area (Å²) in [6, 6.07) is 14.9. The molecule has 0 N–H and O–H groups in total. The maximum absolute atomic E-state index is 12.9. The Morgan fingerprint density at radius 2 is 1.89 bits per heavy atom. The van der Waals surface area contributed by atoms with Crippen molar-refractivity contribution in [1.29, 1.82) is 0 Å². The molecule has 0 bridgehead atoms. The van der Waals surface area contributed by atoms with E-state index < -0.39 is 0 Å². The average molecular weight is 440 g/mol. The quantitative estimate of drug-likeness (QED) is 0.508. The summed E-state index contributed by atoms with van der Waals surface area (Å²) >= 11 is 7.55. The molecule has 1 aromatic heterocycles. The summed E-state index contributed by atoms with van der Waals surface area (Å²) in [6.07, 6.45) is 0.848. The summed E-state index contributed by atoms with van der Waals surface area (Å²) in [7, 11) is 4.04. The van der Waals surface area contributed by atoms with Gasteiger partial charge in [0, 0.05) is 11.6 Å².